The molecule has 0 saturated heterocycles. The SMILES string of the molecule is COc1cccc(CNCc2cscn2)n1.Cl. The van der Waals surface area contributed by atoms with Gasteiger partial charge in [0.05, 0.1) is 24.0 Å². The maximum Gasteiger partial charge on any atom is 0.213 e. The number of rotatable bonds is 5. The molecule has 0 aromatic carbocycles. The average Bonchev–Trinajstić information content (AvgIpc) is 2.82. The van der Waals surface area contributed by atoms with Crippen LogP contribution in [0.2, 0.25) is 0 Å². The molecule has 4 nitrogen and oxygen atoms in total. The van der Waals surface area contributed by atoms with Gasteiger partial charge in [0, 0.05) is 24.5 Å². The number of hydrogen-bond acceptors (Lipinski definition) is 5. The van der Waals surface area contributed by atoms with Crippen molar-refractivity contribution in [3.63, 3.8) is 0 Å². The molecular formula is C11H14ClN3OS. The molecule has 0 unspecified atom stereocenters. The molecule has 0 saturated carbocycles. The summed E-state index contributed by atoms with van der Waals surface area (Å²) in [5.74, 6) is 0.646. The Morgan fingerprint density at radius 3 is 2.82 bits per heavy atom. The molecule has 2 rings (SSSR count). The molecule has 1 N–H and O–H groups in total. The maximum atomic E-state index is 5.06. The van der Waals surface area contributed by atoms with Crippen molar-refractivity contribution < 1.29 is 4.74 Å². The van der Waals surface area contributed by atoms with Gasteiger partial charge in [-0.05, 0) is 6.07 Å². The van der Waals surface area contributed by atoms with Gasteiger partial charge in [-0.3, -0.25) is 0 Å². The lowest BCUT2D eigenvalue weighted by Crippen LogP contribution is -2.13. The Hall–Kier alpha value is -1.17. The first-order valence-corrected chi connectivity index (χ1v) is 5.90. The van der Waals surface area contributed by atoms with Crippen LogP contribution < -0.4 is 10.1 Å². The van der Waals surface area contributed by atoms with Crippen LogP contribution in [0.1, 0.15) is 11.4 Å². The van der Waals surface area contributed by atoms with Crippen molar-refractivity contribution in [3.05, 3.63) is 40.5 Å². The fourth-order valence-corrected chi connectivity index (χ4v) is 1.87. The summed E-state index contributed by atoms with van der Waals surface area (Å²) in [6.07, 6.45) is 0. The summed E-state index contributed by atoms with van der Waals surface area (Å²) in [7, 11) is 1.62. The lowest BCUT2D eigenvalue weighted by Gasteiger charge is -2.04. The Bertz CT molecular complexity index is 436. The van der Waals surface area contributed by atoms with Crippen LogP contribution >= 0.6 is 23.7 Å². The van der Waals surface area contributed by atoms with Gasteiger partial charge in [0.25, 0.3) is 0 Å². The van der Waals surface area contributed by atoms with Gasteiger partial charge in [-0.25, -0.2) is 9.97 Å². The first-order chi connectivity index (χ1) is 7.88. The number of aromatic nitrogens is 2. The summed E-state index contributed by atoms with van der Waals surface area (Å²) in [6, 6.07) is 5.74. The number of pyridine rings is 1. The minimum atomic E-state index is 0. The third kappa shape index (κ3) is 4.30. The quantitative estimate of drug-likeness (QED) is 0.906. The summed E-state index contributed by atoms with van der Waals surface area (Å²) in [6.45, 7) is 1.48. The van der Waals surface area contributed by atoms with Crippen molar-refractivity contribution in [2.75, 3.05) is 7.11 Å². The fourth-order valence-electron chi connectivity index (χ4n) is 1.31. The molecule has 92 valence electrons. The number of hydrogen-bond donors (Lipinski definition) is 1. The summed E-state index contributed by atoms with van der Waals surface area (Å²) in [4.78, 5) is 8.50. The van der Waals surface area contributed by atoms with Gasteiger partial charge in [-0.15, -0.1) is 23.7 Å². The largest absolute Gasteiger partial charge is 0.481 e. The molecule has 2 aromatic rings. The molecule has 0 fully saturated rings. The third-order valence-corrected chi connectivity index (χ3v) is 2.72. The van der Waals surface area contributed by atoms with E-state index in [1.807, 2.05) is 29.1 Å². The number of nitrogens with zero attached hydrogens (tertiary/aromatic N) is 2. The molecular weight excluding hydrogens is 258 g/mol. The van der Waals surface area contributed by atoms with Crippen molar-refractivity contribution >= 4 is 23.7 Å². The first kappa shape index (κ1) is 13.9. The van der Waals surface area contributed by atoms with Gasteiger partial charge in [0.1, 0.15) is 0 Å². The average molecular weight is 272 g/mol. The Labute approximate surface area is 110 Å². The van der Waals surface area contributed by atoms with E-state index < -0.39 is 0 Å². The molecule has 17 heavy (non-hydrogen) atoms. The Morgan fingerprint density at radius 1 is 1.29 bits per heavy atom. The predicted octanol–water partition coefficient (Wildman–Crippen LogP) is 2.26. The first-order valence-electron chi connectivity index (χ1n) is 4.96. The van der Waals surface area contributed by atoms with E-state index in [1.54, 1.807) is 18.4 Å². The van der Waals surface area contributed by atoms with Crippen LogP contribution in [0.25, 0.3) is 0 Å². The highest BCUT2D eigenvalue weighted by atomic mass is 35.5. The Balaban J connectivity index is 0.00000144. The van der Waals surface area contributed by atoms with Crippen LogP contribution in [0.4, 0.5) is 0 Å². The molecule has 0 bridgehead atoms. The standard InChI is InChI=1S/C11H13N3OS.ClH/c1-15-11-4-2-3-9(14-11)5-12-6-10-7-16-8-13-10;/h2-4,7-8,12H,5-6H2,1H3;1H. The number of nitrogens with one attached hydrogen (secondary N) is 1. The highest BCUT2D eigenvalue weighted by Crippen LogP contribution is 2.06. The Kier molecular flexibility index (Phi) is 5.90. The summed E-state index contributed by atoms with van der Waals surface area (Å²) < 4.78 is 5.06. The second-order valence-corrected chi connectivity index (χ2v) is 3.97. The summed E-state index contributed by atoms with van der Waals surface area (Å²) >= 11 is 1.61. The van der Waals surface area contributed by atoms with Crippen molar-refractivity contribution in [1.29, 1.82) is 0 Å². The number of thiazole rings is 1. The van der Waals surface area contributed by atoms with Crippen LogP contribution in [0.5, 0.6) is 5.88 Å². The molecule has 2 heterocycles. The summed E-state index contributed by atoms with van der Waals surface area (Å²) in [5, 5.41) is 5.32. The van der Waals surface area contributed by atoms with E-state index in [1.165, 1.54) is 0 Å². The zero-order chi connectivity index (χ0) is 11.2. The predicted molar refractivity (Wildman–Crippen MR) is 70.7 cm³/mol. The molecule has 6 heteroatoms. The van der Waals surface area contributed by atoms with E-state index in [0.717, 1.165) is 17.9 Å². The van der Waals surface area contributed by atoms with Crippen molar-refractivity contribution in [2.45, 2.75) is 13.1 Å². The van der Waals surface area contributed by atoms with Crippen LogP contribution in [-0.2, 0) is 13.1 Å². The van der Waals surface area contributed by atoms with E-state index in [0.29, 0.717) is 12.4 Å². The van der Waals surface area contributed by atoms with E-state index in [-0.39, 0.29) is 12.4 Å². The van der Waals surface area contributed by atoms with E-state index >= 15 is 0 Å². The topological polar surface area (TPSA) is 47.0 Å². The van der Waals surface area contributed by atoms with Gasteiger partial charge < -0.3 is 10.1 Å². The van der Waals surface area contributed by atoms with Gasteiger partial charge in [0.2, 0.25) is 5.88 Å². The number of methoxy groups -OCH3 is 1. The van der Waals surface area contributed by atoms with Crippen molar-refractivity contribution in [1.82, 2.24) is 15.3 Å². The van der Waals surface area contributed by atoms with E-state index in [9.17, 15) is 0 Å². The molecule has 0 aliphatic rings. The van der Waals surface area contributed by atoms with E-state index in [4.69, 9.17) is 4.74 Å². The number of halogens is 1. The van der Waals surface area contributed by atoms with Crippen LogP contribution in [0.15, 0.2) is 29.1 Å². The molecule has 0 radical (unpaired) electrons. The normalized spacial score (nSPS) is 9.71. The number of ether oxygens (including phenoxy) is 1. The van der Waals surface area contributed by atoms with Crippen molar-refractivity contribution in [3.8, 4) is 5.88 Å². The van der Waals surface area contributed by atoms with Gasteiger partial charge in [-0.1, -0.05) is 6.07 Å². The molecule has 0 atom stereocenters. The van der Waals surface area contributed by atoms with Gasteiger partial charge in [0.15, 0.2) is 0 Å². The maximum absolute atomic E-state index is 5.06. The Morgan fingerprint density at radius 2 is 2.12 bits per heavy atom. The molecule has 2 aromatic heterocycles. The third-order valence-electron chi connectivity index (χ3n) is 2.09. The molecule has 0 spiro atoms. The van der Waals surface area contributed by atoms with Crippen molar-refractivity contribution in [2.24, 2.45) is 0 Å². The molecule has 0 aliphatic heterocycles. The second kappa shape index (κ2) is 7.21. The fraction of sp³-hybridized carbons (Fsp3) is 0.273. The van der Waals surface area contributed by atoms with Crippen LogP contribution in [-0.4, -0.2) is 17.1 Å². The van der Waals surface area contributed by atoms with E-state index in [2.05, 4.69) is 15.3 Å². The zero-order valence-corrected chi connectivity index (χ0v) is 11.1. The lowest BCUT2D eigenvalue weighted by atomic mass is 10.3. The molecule has 0 amide bonds. The minimum Gasteiger partial charge on any atom is -0.481 e. The molecule has 0 aliphatic carbocycles. The van der Waals surface area contributed by atoms with Crippen LogP contribution in [0, 0.1) is 0 Å². The van der Waals surface area contributed by atoms with Crippen LogP contribution in [0.3, 0.4) is 0 Å². The smallest absolute Gasteiger partial charge is 0.213 e. The van der Waals surface area contributed by atoms with Gasteiger partial charge >= 0.3 is 0 Å². The summed E-state index contributed by atoms with van der Waals surface area (Å²) in [5.41, 5.74) is 3.86. The second-order valence-electron chi connectivity index (χ2n) is 3.25. The highest BCUT2D eigenvalue weighted by molar-refractivity contribution is 7.07. The highest BCUT2D eigenvalue weighted by Gasteiger charge is 1.98. The lowest BCUT2D eigenvalue weighted by molar-refractivity contribution is 0.395. The zero-order valence-electron chi connectivity index (χ0n) is 9.42. The van der Waals surface area contributed by atoms with Gasteiger partial charge in [-0.2, -0.15) is 0 Å². The minimum absolute atomic E-state index is 0. The monoisotopic (exact) mass is 271 g/mol.